The molecular formula is C19H15Cl2F3N2O2. The number of hydrogen-bond acceptors (Lipinski definition) is 4. The lowest BCUT2D eigenvalue weighted by Gasteiger charge is -2.32. The third kappa shape index (κ3) is 3.56. The van der Waals surface area contributed by atoms with Crippen LogP contribution in [-0.2, 0) is 10.3 Å². The van der Waals surface area contributed by atoms with E-state index in [1.807, 2.05) is 0 Å². The van der Waals surface area contributed by atoms with Gasteiger partial charge in [0.1, 0.15) is 0 Å². The van der Waals surface area contributed by atoms with Crippen LogP contribution in [0, 0.1) is 6.92 Å². The van der Waals surface area contributed by atoms with Crippen molar-refractivity contribution in [1.29, 1.82) is 0 Å². The normalized spacial score (nSPS) is 19.2. The third-order valence-electron chi connectivity index (χ3n) is 4.62. The maximum absolute atomic E-state index is 14.1. The van der Waals surface area contributed by atoms with Crippen LogP contribution in [0.25, 0.3) is 0 Å². The van der Waals surface area contributed by atoms with Crippen LogP contribution in [0.3, 0.4) is 0 Å². The van der Waals surface area contributed by atoms with E-state index in [-0.39, 0.29) is 21.3 Å². The molecule has 0 amide bonds. The molecule has 3 rings (SSSR count). The number of aryl methyl sites for hydroxylation is 1. The van der Waals surface area contributed by atoms with Crippen LogP contribution in [0.1, 0.15) is 33.5 Å². The summed E-state index contributed by atoms with van der Waals surface area (Å²) in [6.07, 6.45) is -5.11. The van der Waals surface area contributed by atoms with Crippen molar-refractivity contribution in [2.24, 2.45) is 5.10 Å². The first kappa shape index (κ1) is 20.5. The maximum atomic E-state index is 14.1. The summed E-state index contributed by atoms with van der Waals surface area (Å²) in [6, 6.07) is 8.45. The Morgan fingerprint density at radius 3 is 2.36 bits per heavy atom. The Bertz CT molecular complexity index is 956. The lowest BCUT2D eigenvalue weighted by atomic mass is 9.84. The number of halogens is 5. The molecule has 0 radical (unpaired) electrons. The van der Waals surface area contributed by atoms with Gasteiger partial charge < -0.3 is 4.74 Å². The first-order valence-corrected chi connectivity index (χ1v) is 8.89. The minimum atomic E-state index is -4.66. The summed E-state index contributed by atoms with van der Waals surface area (Å²) in [5.74, 6) is -0.520. The number of nitrogens with zero attached hydrogens (tertiary/aromatic N) is 1. The zero-order valence-corrected chi connectivity index (χ0v) is 16.3. The predicted octanol–water partition coefficient (Wildman–Crippen LogP) is 5.24. The molecule has 4 nitrogen and oxygen atoms in total. The molecule has 0 aromatic heterocycles. The van der Waals surface area contributed by atoms with Gasteiger partial charge >= 0.3 is 12.1 Å². The lowest BCUT2D eigenvalue weighted by Crippen LogP contribution is -2.49. The fraction of sp³-hybridized carbons (Fsp3) is 0.263. The van der Waals surface area contributed by atoms with E-state index < -0.39 is 24.1 Å². The van der Waals surface area contributed by atoms with Crippen molar-refractivity contribution >= 4 is 34.9 Å². The van der Waals surface area contributed by atoms with Crippen LogP contribution in [-0.4, -0.2) is 25.0 Å². The van der Waals surface area contributed by atoms with Gasteiger partial charge in [-0.05, 0) is 53.9 Å². The van der Waals surface area contributed by atoms with Crippen LogP contribution in [0.5, 0.6) is 0 Å². The number of methoxy groups -OCH3 is 1. The van der Waals surface area contributed by atoms with Crippen molar-refractivity contribution in [3.05, 3.63) is 68.7 Å². The number of ether oxygens (including phenoxy) is 1. The second-order valence-electron chi connectivity index (χ2n) is 6.43. The molecule has 1 N–H and O–H groups in total. The Morgan fingerprint density at radius 1 is 1.18 bits per heavy atom. The monoisotopic (exact) mass is 430 g/mol. The number of hydrogen-bond donors (Lipinski definition) is 1. The van der Waals surface area contributed by atoms with Crippen LogP contribution in [0.2, 0.25) is 10.0 Å². The number of esters is 1. The number of hydrazone groups is 1. The molecule has 0 fully saturated rings. The van der Waals surface area contributed by atoms with E-state index in [2.05, 4.69) is 15.3 Å². The Kier molecular flexibility index (Phi) is 5.34. The second-order valence-corrected chi connectivity index (χ2v) is 7.30. The topological polar surface area (TPSA) is 50.7 Å². The van der Waals surface area contributed by atoms with Gasteiger partial charge in [0.05, 0.1) is 18.4 Å². The van der Waals surface area contributed by atoms with Crippen molar-refractivity contribution in [2.45, 2.75) is 25.1 Å². The molecule has 0 saturated carbocycles. The van der Waals surface area contributed by atoms with E-state index in [1.54, 1.807) is 13.0 Å². The van der Waals surface area contributed by atoms with E-state index in [4.69, 9.17) is 23.2 Å². The summed E-state index contributed by atoms with van der Waals surface area (Å²) >= 11 is 11.8. The summed E-state index contributed by atoms with van der Waals surface area (Å²) in [6.45, 7) is 1.67. The smallest absolute Gasteiger partial charge is 0.417 e. The number of carbonyl (C=O) groups excluding carboxylic acids is 1. The molecule has 9 heteroatoms. The number of rotatable bonds is 3. The molecule has 1 atom stereocenters. The molecule has 0 aliphatic carbocycles. The predicted molar refractivity (Wildman–Crippen MR) is 101 cm³/mol. The molecule has 28 heavy (non-hydrogen) atoms. The maximum Gasteiger partial charge on any atom is 0.417 e. The summed E-state index contributed by atoms with van der Waals surface area (Å²) in [5, 5.41) is 4.14. The van der Waals surface area contributed by atoms with E-state index >= 15 is 0 Å². The lowest BCUT2D eigenvalue weighted by molar-refractivity contribution is -0.196. The number of carbonyl (C=O) groups is 1. The zero-order chi connectivity index (χ0) is 20.7. The van der Waals surface area contributed by atoms with Crippen LogP contribution < -0.4 is 5.43 Å². The number of alkyl halides is 3. The zero-order valence-electron chi connectivity index (χ0n) is 14.8. The summed E-state index contributed by atoms with van der Waals surface area (Å²) in [7, 11) is 1.26. The van der Waals surface area contributed by atoms with Crippen molar-refractivity contribution in [1.82, 2.24) is 5.43 Å². The van der Waals surface area contributed by atoms with Crippen LogP contribution in [0.15, 0.2) is 41.5 Å². The highest BCUT2D eigenvalue weighted by molar-refractivity contribution is 6.34. The average molecular weight is 431 g/mol. The largest absolute Gasteiger partial charge is 0.465 e. The Morgan fingerprint density at radius 2 is 1.82 bits per heavy atom. The summed E-state index contributed by atoms with van der Waals surface area (Å²) < 4.78 is 46.9. The van der Waals surface area contributed by atoms with Gasteiger partial charge in [-0.15, -0.1) is 0 Å². The quantitative estimate of drug-likeness (QED) is 0.677. The third-order valence-corrected chi connectivity index (χ3v) is 5.05. The fourth-order valence-corrected chi connectivity index (χ4v) is 3.66. The highest BCUT2D eigenvalue weighted by Crippen LogP contribution is 2.46. The minimum absolute atomic E-state index is 0.0969. The first-order chi connectivity index (χ1) is 13.1. The van der Waals surface area contributed by atoms with Crippen molar-refractivity contribution in [3.63, 3.8) is 0 Å². The number of nitrogens with one attached hydrogen (secondary N) is 1. The van der Waals surface area contributed by atoms with Gasteiger partial charge in [-0.2, -0.15) is 18.3 Å². The molecule has 0 saturated heterocycles. The van der Waals surface area contributed by atoms with Gasteiger partial charge in [0.15, 0.2) is 5.54 Å². The molecule has 0 spiro atoms. The molecule has 2 aromatic rings. The Hall–Kier alpha value is -2.25. The SMILES string of the molecule is COC(=O)c1ccc(C2=NNC(c3cc(Cl)cc(Cl)c3)(C(F)(F)F)C2)cc1C. The van der Waals surface area contributed by atoms with Crippen molar-refractivity contribution in [3.8, 4) is 0 Å². The molecule has 1 aliphatic heterocycles. The first-order valence-electron chi connectivity index (χ1n) is 8.14. The van der Waals surface area contributed by atoms with E-state index in [0.29, 0.717) is 16.7 Å². The van der Waals surface area contributed by atoms with Gasteiger partial charge in [-0.25, -0.2) is 4.79 Å². The van der Waals surface area contributed by atoms with Gasteiger partial charge in [0.2, 0.25) is 0 Å². The molecule has 0 bridgehead atoms. The van der Waals surface area contributed by atoms with Gasteiger partial charge in [0, 0.05) is 16.5 Å². The number of benzene rings is 2. The van der Waals surface area contributed by atoms with Crippen LogP contribution in [0.4, 0.5) is 13.2 Å². The van der Waals surface area contributed by atoms with Crippen molar-refractivity contribution in [2.75, 3.05) is 7.11 Å². The average Bonchev–Trinajstić information content (AvgIpc) is 3.07. The highest BCUT2D eigenvalue weighted by atomic mass is 35.5. The van der Waals surface area contributed by atoms with Gasteiger partial charge in [0.25, 0.3) is 0 Å². The summed E-state index contributed by atoms with van der Waals surface area (Å²) in [5.41, 5.74) is 1.25. The minimum Gasteiger partial charge on any atom is -0.465 e. The Labute approximate surface area is 169 Å². The Balaban J connectivity index is 2.00. The second kappa shape index (κ2) is 7.29. The molecule has 2 aromatic carbocycles. The molecule has 1 aliphatic rings. The fourth-order valence-electron chi connectivity index (χ4n) is 3.14. The highest BCUT2D eigenvalue weighted by Gasteiger charge is 2.59. The molecule has 1 unspecified atom stereocenters. The van der Waals surface area contributed by atoms with Gasteiger partial charge in [-0.1, -0.05) is 29.3 Å². The van der Waals surface area contributed by atoms with E-state index in [0.717, 1.165) is 0 Å². The van der Waals surface area contributed by atoms with E-state index in [1.165, 1.54) is 37.4 Å². The molecular weight excluding hydrogens is 416 g/mol. The standard InChI is InChI=1S/C19H15Cl2F3N2O2/c1-10-5-11(3-4-15(10)17(27)28-2)16-9-18(26-25-16,19(22,23)24)12-6-13(20)8-14(21)7-12/h3-8,26H,9H2,1-2H3. The van der Waals surface area contributed by atoms with Crippen molar-refractivity contribution < 1.29 is 22.7 Å². The van der Waals surface area contributed by atoms with Gasteiger partial charge in [-0.3, -0.25) is 5.43 Å². The molecule has 148 valence electrons. The molecule has 1 heterocycles. The van der Waals surface area contributed by atoms with Crippen LogP contribution >= 0.6 is 23.2 Å². The summed E-state index contributed by atoms with van der Waals surface area (Å²) in [4.78, 5) is 11.7. The van der Waals surface area contributed by atoms with E-state index in [9.17, 15) is 18.0 Å².